The zero-order chi connectivity index (χ0) is 24.5. The Labute approximate surface area is 197 Å². The summed E-state index contributed by atoms with van der Waals surface area (Å²) in [6.45, 7) is 6.94. The standard InChI is InChI=1S/C25H30F3N5O/c1-16-19(6-5-7-22(16)25(26,27)28)17(2)29-24-21-14-18(33-10-12-34-13-11-33)8-9-20(21)23(30-31-24)15-32(3)4/h5-9,14,17H,10-13,15H2,1-4H3,(H,29,31). The number of ether oxygens (including phenoxy) is 1. The summed E-state index contributed by atoms with van der Waals surface area (Å²) in [5, 5.41) is 14.1. The first-order valence-electron chi connectivity index (χ1n) is 11.3. The molecular weight excluding hydrogens is 443 g/mol. The van der Waals surface area contributed by atoms with E-state index in [0.29, 0.717) is 31.1 Å². The minimum Gasteiger partial charge on any atom is -0.378 e. The van der Waals surface area contributed by atoms with Crippen molar-refractivity contribution in [2.75, 3.05) is 50.6 Å². The molecule has 1 N–H and O–H groups in total. The average Bonchev–Trinajstić information content (AvgIpc) is 2.80. The Balaban J connectivity index is 1.74. The third kappa shape index (κ3) is 5.10. The highest BCUT2D eigenvalue weighted by atomic mass is 19.4. The first kappa shape index (κ1) is 24.2. The van der Waals surface area contributed by atoms with Crippen LogP contribution in [-0.2, 0) is 17.5 Å². The highest BCUT2D eigenvalue weighted by Crippen LogP contribution is 2.36. The maximum absolute atomic E-state index is 13.4. The van der Waals surface area contributed by atoms with Gasteiger partial charge in [-0.2, -0.15) is 18.3 Å². The average molecular weight is 474 g/mol. The lowest BCUT2D eigenvalue weighted by atomic mass is 9.97. The summed E-state index contributed by atoms with van der Waals surface area (Å²) < 4.78 is 45.8. The number of halogens is 3. The molecule has 0 aliphatic carbocycles. The van der Waals surface area contributed by atoms with Crippen LogP contribution in [0.2, 0.25) is 0 Å². The summed E-state index contributed by atoms with van der Waals surface area (Å²) in [6, 6.07) is 10.1. The van der Waals surface area contributed by atoms with Gasteiger partial charge in [-0.1, -0.05) is 18.2 Å². The Morgan fingerprint density at radius 2 is 1.82 bits per heavy atom. The Morgan fingerprint density at radius 3 is 2.50 bits per heavy atom. The van der Waals surface area contributed by atoms with E-state index >= 15 is 0 Å². The number of fused-ring (bicyclic) bond motifs is 1. The van der Waals surface area contributed by atoms with Crippen molar-refractivity contribution in [3.63, 3.8) is 0 Å². The number of nitrogens with zero attached hydrogens (tertiary/aromatic N) is 4. The lowest BCUT2D eigenvalue weighted by Gasteiger charge is -2.29. The third-order valence-electron chi connectivity index (χ3n) is 6.18. The van der Waals surface area contributed by atoms with Crippen LogP contribution >= 0.6 is 0 Å². The molecule has 1 aliphatic heterocycles. The molecule has 3 aromatic rings. The van der Waals surface area contributed by atoms with E-state index in [9.17, 15) is 13.2 Å². The van der Waals surface area contributed by atoms with E-state index in [0.717, 1.165) is 41.3 Å². The fraction of sp³-hybridized carbons (Fsp3) is 0.440. The molecule has 0 bridgehead atoms. The van der Waals surface area contributed by atoms with Crippen LogP contribution in [0.3, 0.4) is 0 Å². The number of nitrogens with one attached hydrogen (secondary N) is 1. The fourth-order valence-corrected chi connectivity index (χ4v) is 4.45. The van der Waals surface area contributed by atoms with Crippen LogP contribution in [0.1, 0.15) is 35.3 Å². The molecule has 1 aromatic heterocycles. The van der Waals surface area contributed by atoms with E-state index in [4.69, 9.17) is 4.74 Å². The highest BCUT2D eigenvalue weighted by molar-refractivity contribution is 5.95. The molecule has 2 aromatic carbocycles. The van der Waals surface area contributed by atoms with Crippen molar-refractivity contribution < 1.29 is 17.9 Å². The molecule has 0 saturated carbocycles. The van der Waals surface area contributed by atoms with Gasteiger partial charge in [-0.15, -0.1) is 5.10 Å². The number of hydrogen-bond donors (Lipinski definition) is 1. The second kappa shape index (κ2) is 9.76. The quantitative estimate of drug-likeness (QED) is 0.542. The Kier molecular flexibility index (Phi) is 6.95. The molecule has 1 fully saturated rings. The zero-order valence-electron chi connectivity index (χ0n) is 19.9. The van der Waals surface area contributed by atoms with Gasteiger partial charge in [0, 0.05) is 36.1 Å². The first-order valence-corrected chi connectivity index (χ1v) is 11.3. The normalized spacial score (nSPS) is 15.7. The van der Waals surface area contributed by atoms with Crippen molar-refractivity contribution in [3.05, 3.63) is 58.8 Å². The van der Waals surface area contributed by atoms with Crippen LogP contribution in [0.5, 0.6) is 0 Å². The minimum absolute atomic E-state index is 0.213. The summed E-state index contributed by atoms with van der Waals surface area (Å²) in [7, 11) is 3.94. The van der Waals surface area contributed by atoms with Crippen LogP contribution in [0, 0.1) is 6.92 Å². The number of hydrogen-bond acceptors (Lipinski definition) is 6. The number of morpholine rings is 1. The van der Waals surface area contributed by atoms with Crippen molar-refractivity contribution in [3.8, 4) is 0 Å². The molecule has 6 nitrogen and oxygen atoms in total. The molecule has 1 saturated heterocycles. The van der Waals surface area contributed by atoms with Crippen LogP contribution in [0.25, 0.3) is 10.8 Å². The van der Waals surface area contributed by atoms with Gasteiger partial charge < -0.3 is 19.9 Å². The van der Waals surface area contributed by atoms with E-state index in [-0.39, 0.29) is 5.56 Å². The summed E-state index contributed by atoms with van der Waals surface area (Å²) in [6.07, 6.45) is -4.40. The highest BCUT2D eigenvalue weighted by Gasteiger charge is 2.33. The van der Waals surface area contributed by atoms with Gasteiger partial charge in [-0.3, -0.25) is 0 Å². The van der Waals surface area contributed by atoms with Crippen LogP contribution in [0.4, 0.5) is 24.7 Å². The second-order valence-corrected chi connectivity index (χ2v) is 8.95. The molecule has 0 spiro atoms. The summed E-state index contributed by atoms with van der Waals surface area (Å²) in [4.78, 5) is 4.29. The van der Waals surface area contributed by atoms with Gasteiger partial charge in [0.25, 0.3) is 0 Å². The number of benzene rings is 2. The first-order chi connectivity index (χ1) is 16.1. The SMILES string of the molecule is Cc1c(C(C)Nc2nnc(CN(C)C)c3ccc(N4CCOCC4)cc23)cccc1C(F)(F)F. The topological polar surface area (TPSA) is 53.5 Å². The van der Waals surface area contributed by atoms with E-state index in [1.807, 2.05) is 25.9 Å². The van der Waals surface area contributed by atoms with E-state index in [1.54, 1.807) is 6.07 Å². The van der Waals surface area contributed by atoms with Crippen molar-refractivity contribution in [2.45, 2.75) is 32.6 Å². The Morgan fingerprint density at radius 1 is 1.09 bits per heavy atom. The van der Waals surface area contributed by atoms with Crippen LogP contribution in [-0.4, -0.2) is 55.5 Å². The van der Waals surface area contributed by atoms with Crippen LogP contribution in [0.15, 0.2) is 36.4 Å². The summed E-state index contributed by atoms with van der Waals surface area (Å²) >= 11 is 0. The predicted octanol–water partition coefficient (Wildman–Crippen LogP) is 5.03. The number of alkyl halides is 3. The largest absolute Gasteiger partial charge is 0.416 e. The van der Waals surface area contributed by atoms with E-state index in [1.165, 1.54) is 13.0 Å². The zero-order valence-corrected chi connectivity index (χ0v) is 19.9. The Hall–Kier alpha value is -2.91. The lowest BCUT2D eigenvalue weighted by Crippen LogP contribution is -2.36. The van der Waals surface area contributed by atoms with Gasteiger partial charge in [0.05, 0.1) is 30.5 Å². The predicted molar refractivity (Wildman–Crippen MR) is 128 cm³/mol. The monoisotopic (exact) mass is 473 g/mol. The van der Waals surface area contributed by atoms with E-state index in [2.05, 4.69) is 38.6 Å². The maximum atomic E-state index is 13.4. The van der Waals surface area contributed by atoms with Gasteiger partial charge in [-0.25, -0.2) is 0 Å². The van der Waals surface area contributed by atoms with E-state index < -0.39 is 17.8 Å². The summed E-state index contributed by atoms with van der Waals surface area (Å²) in [5.74, 6) is 0.553. The molecule has 9 heteroatoms. The number of anilines is 2. The minimum atomic E-state index is -4.40. The smallest absolute Gasteiger partial charge is 0.378 e. The number of rotatable bonds is 6. The molecule has 182 valence electrons. The van der Waals surface area contributed by atoms with Crippen LogP contribution < -0.4 is 10.2 Å². The molecule has 0 radical (unpaired) electrons. The molecule has 34 heavy (non-hydrogen) atoms. The summed E-state index contributed by atoms with van der Waals surface area (Å²) in [5.41, 5.74) is 2.08. The number of aromatic nitrogens is 2. The van der Waals surface area contributed by atoms with Gasteiger partial charge >= 0.3 is 6.18 Å². The van der Waals surface area contributed by atoms with Gasteiger partial charge in [0.15, 0.2) is 5.82 Å². The fourth-order valence-electron chi connectivity index (χ4n) is 4.45. The van der Waals surface area contributed by atoms with Crippen molar-refractivity contribution >= 4 is 22.3 Å². The molecule has 1 aliphatic rings. The lowest BCUT2D eigenvalue weighted by molar-refractivity contribution is -0.138. The van der Waals surface area contributed by atoms with Crippen molar-refractivity contribution in [1.29, 1.82) is 0 Å². The molecule has 1 unspecified atom stereocenters. The molecule has 0 amide bonds. The molecule has 2 heterocycles. The molecule has 4 rings (SSSR count). The Bertz CT molecular complexity index is 1160. The molecule has 1 atom stereocenters. The van der Waals surface area contributed by atoms with Gasteiger partial charge in [0.1, 0.15) is 0 Å². The van der Waals surface area contributed by atoms with Crippen molar-refractivity contribution in [1.82, 2.24) is 15.1 Å². The van der Waals surface area contributed by atoms with Gasteiger partial charge in [0.2, 0.25) is 0 Å². The second-order valence-electron chi connectivity index (χ2n) is 8.95. The van der Waals surface area contributed by atoms with Crippen molar-refractivity contribution in [2.24, 2.45) is 0 Å². The molecular formula is C25H30F3N5O. The van der Waals surface area contributed by atoms with Gasteiger partial charge in [-0.05, 0) is 57.3 Å². The third-order valence-corrected chi connectivity index (χ3v) is 6.18. The maximum Gasteiger partial charge on any atom is 0.416 e.